The smallest absolute Gasteiger partial charge is 0.330 e. The predicted molar refractivity (Wildman–Crippen MR) is 62.9 cm³/mol. The van der Waals surface area contributed by atoms with E-state index in [1.165, 1.54) is 18.2 Å². The van der Waals surface area contributed by atoms with Gasteiger partial charge < -0.3 is 11.1 Å². The van der Waals surface area contributed by atoms with Gasteiger partial charge in [0.25, 0.3) is 0 Å². The number of rotatable bonds is 4. The Morgan fingerprint density at radius 2 is 2.00 bits per heavy atom. The third-order valence-corrected chi connectivity index (χ3v) is 2.64. The van der Waals surface area contributed by atoms with Crippen LogP contribution in [0.2, 0.25) is 0 Å². The molecule has 0 bridgehead atoms. The van der Waals surface area contributed by atoms with Crippen molar-refractivity contribution in [2.75, 3.05) is 11.9 Å². The number of para-hydroxylation sites is 1. The molecular formula is C12H15F3N2O. The van der Waals surface area contributed by atoms with Gasteiger partial charge in [0.15, 0.2) is 0 Å². The third kappa shape index (κ3) is 3.46. The Kier molecular flexibility index (Phi) is 4.72. The van der Waals surface area contributed by atoms with E-state index < -0.39 is 23.6 Å². The lowest BCUT2D eigenvalue weighted by molar-refractivity contribution is -0.137. The molecule has 1 atom stereocenters. The van der Waals surface area contributed by atoms with E-state index in [9.17, 15) is 18.0 Å². The summed E-state index contributed by atoms with van der Waals surface area (Å²) in [5.74, 6) is -0.969. The number of benzene rings is 1. The van der Waals surface area contributed by atoms with E-state index in [2.05, 4.69) is 5.32 Å². The molecule has 6 heteroatoms. The van der Waals surface area contributed by atoms with Gasteiger partial charge in [-0.3, -0.25) is 4.79 Å². The van der Waals surface area contributed by atoms with E-state index in [1.54, 1.807) is 6.92 Å². The summed E-state index contributed by atoms with van der Waals surface area (Å²) in [7, 11) is 0. The van der Waals surface area contributed by atoms with Crippen LogP contribution in [0, 0.1) is 5.92 Å². The number of alkyl halides is 3. The molecule has 0 aromatic heterocycles. The number of carbonyl (C=O) groups is 1. The summed E-state index contributed by atoms with van der Waals surface area (Å²) in [4.78, 5) is 11.7. The van der Waals surface area contributed by atoms with Crippen LogP contribution in [0.5, 0.6) is 0 Å². The van der Waals surface area contributed by atoms with Crippen molar-refractivity contribution in [1.82, 2.24) is 0 Å². The molecule has 1 unspecified atom stereocenters. The van der Waals surface area contributed by atoms with Gasteiger partial charge in [0.2, 0.25) is 5.91 Å². The van der Waals surface area contributed by atoms with Crippen molar-refractivity contribution >= 4 is 11.6 Å². The van der Waals surface area contributed by atoms with Gasteiger partial charge in [0.05, 0.1) is 17.2 Å². The molecule has 0 aliphatic heterocycles. The summed E-state index contributed by atoms with van der Waals surface area (Å²) < 4.78 is 38.1. The maximum Gasteiger partial charge on any atom is 0.418 e. The summed E-state index contributed by atoms with van der Waals surface area (Å²) in [6.45, 7) is 1.86. The molecule has 1 amide bonds. The van der Waals surface area contributed by atoms with Crippen LogP contribution in [0.4, 0.5) is 18.9 Å². The van der Waals surface area contributed by atoms with Crippen LogP contribution in [0.25, 0.3) is 0 Å². The summed E-state index contributed by atoms with van der Waals surface area (Å²) in [6.07, 6.45) is -4.01. The molecule has 0 heterocycles. The van der Waals surface area contributed by atoms with Crippen LogP contribution >= 0.6 is 0 Å². The number of halogens is 3. The minimum Gasteiger partial charge on any atom is -0.330 e. The van der Waals surface area contributed by atoms with Gasteiger partial charge in [-0.1, -0.05) is 19.1 Å². The number of nitrogens with one attached hydrogen (secondary N) is 1. The molecule has 3 nitrogen and oxygen atoms in total. The first-order valence-electron chi connectivity index (χ1n) is 5.57. The second-order valence-corrected chi connectivity index (χ2v) is 3.87. The average Bonchev–Trinajstić information content (AvgIpc) is 2.30. The van der Waals surface area contributed by atoms with Gasteiger partial charge >= 0.3 is 6.18 Å². The van der Waals surface area contributed by atoms with Crippen molar-refractivity contribution in [1.29, 1.82) is 0 Å². The van der Waals surface area contributed by atoms with E-state index in [4.69, 9.17) is 5.73 Å². The summed E-state index contributed by atoms with van der Waals surface area (Å²) >= 11 is 0. The highest BCUT2D eigenvalue weighted by Crippen LogP contribution is 2.34. The van der Waals surface area contributed by atoms with Gasteiger partial charge in [-0.05, 0) is 18.6 Å². The first-order chi connectivity index (χ1) is 8.40. The number of carbonyl (C=O) groups excluding carboxylic acids is 1. The largest absolute Gasteiger partial charge is 0.418 e. The van der Waals surface area contributed by atoms with Crippen molar-refractivity contribution in [2.45, 2.75) is 19.5 Å². The lowest BCUT2D eigenvalue weighted by Gasteiger charge is -2.16. The molecule has 0 spiro atoms. The molecule has 1 rings (SSSR count). The van der Waals surface area contributed by atoms with E-state index in [0.29, 0.717) is 6.42 Å². The average molecular weight is 260 g/mol. The van der Waals surface area contributed by atoms with Crippen molar-refractivity contribution in [3.63, 3.8) is 0 Å². The fourth-order valence-electron chi connectivity index (χ4n) is 1.53. The Balaban J connectivity index is 2.95. The number of amides is 1. The van der Waals surface area contributed by atoms with Gasteiger partial charge in [-0.25, -0.2) is 0 Å². The van der Waals surface area contributed by atoms with Crippen LogP contribution in [0.1, 0.15) is 18.9 Å². The summed E-state index contributed by atoms with van der Waals surface area (Å²) in [6, 6.07) is 4.87. The molecule has 0 saturated carbocycles. The second kappa shape index (κ2) is 5.86. The van der Waals surface area contributed by atoms with Crippen LogP contribution in [-0.2, 0) is 11.0 Å². The SMILES string of the molecule is CCC(CN)C(=O)Nc1ccccc1C(F)(F)F. The molecule has 1 aromatic rings. The van der Waals surface area contributed by atoms with Crippen molar-refractivity contribution in [3.8, 4) is 0 Å². The second-order valence-electron chi connectivity index (χ2n) is 3.87. The lowest BCUT2D eigenvalue weighted by Crippen LogP contribution is -2.29. The monoisotopic (exact) mass is 260 g/mol. The molecule has 0 aliphatic rings. The zero-order valence-corrected chi connectivity index (χ0v) is 9.92. The van der Waals surface area contributed by atoms with Crippen molar-refractivity contribution < 1.29 is 18.0 Å². The quantitative estimate of drug-likeness (QED) is 0.874. The Bertz CT molecular complexity index is 414. The topological polar surface area (TPSA) is 55.1 Å². The Morgan fingerprint density at radius 1 is 1.39 bits per heavy atom. The van der Waals surface area contributed by atoms with Crippen LogP contribution in [-0.4, -0.2) is 12.5 Å². The molecule has 18 heavy (non-hydrogen) atoms. The highest BCUT2D eigenvalue weighted by atomic mass is 19.4. The molecule has 0 aliphatic carbocycles. The van der Waals surface area contributed by atoms with E-state index in [0.717, 1.165) is 6.07 Å². The van der Waals surface area contributed by atoms with Gasteiger partial charge in [0.1, 0.15) is 0 Å². The fourth-order valence-corrected chi connectivity index (χ4v) is 1.53. The van der Waals surface area contributed by atoms with Crippen molar-refractivity contribution in [2.24, 2.45) is 11.7 Å². The maximum absolute atomic E-state index is 12.7. The number of nitrogens with two attached hydrogens (primary N) is 1. The normalized spacial score (nSPS) is 13.2. The summed E-state index contributed by atoms with van der Waals surface area (Å²) in [5, 5.41) is 2.28. The Morgan fingerprint density at radius 3 is 2.50 bits per heavy atom. The first kappa shape index (κ1) is 14.5. The van der Waals surface area contributed by atoms with E-state index in [-0.39, 0.29) is 12.2 Å². The summed E-state index contributed by atoms with van der Waals surface area (Å²) in [5.41, 5.74) is 4.29. The predicted octanol–water partition coefficient (Wildman–Crippen LogP) is 2.63. The Labute approximate surface area is 103 Å². The van der Waals surface area contributed by atoms with Gasteiger partial charge in [0, 0.05) is 6.54 Å². The minimum atomic E-state index is -4.49. The fraction of sp³-hybridized carbons (Fsp3) is 0.417. The zero-order chi connectivity index (χ0) is 13.8. The molecule has 0 radical (unpaired) electrons. The first-order valence-corrected chi connectivity index (χ1v) is 5.57. The van der Waals surface area contributed by atoms with Gasteiger partial charge in [-0.15, -0.1) is 0 Å². The zero-order valence-electron chi connectivity index (χ0n) is 9.92. The highest BCUT2D eigenvalue weighted by Gasteiger charge is 2.33. The number of hydrogen-bond donors (Lipinski definition) is 2. The van der Waals surface area contributed by atoms with Gasteiger partial charge in [-0.2, -0.15) is 13.2 Å². The Hall–Kier alpha value is -1.56. The van der Waals surface area contributed by atoms with E-state index in [1.807, 2.05) is 0 Å². The van der Waals surface area contributed by atoms with Crippen LogP contribution in [0.3, 0.4) is 0 Å². The highest BCUT2D eigenvalue weighted by molar-refractivity contribution is 5.93. The maximum atomic E-state index is 12.7. The number of hydrogen-bond acceptors (Lipinski definition) is 2. The number of anilines is 1. The molecule has 0 saturated heterocycles. The molecule has 1 aromatic carbocycles. The molecule has 0 fully saturated rings. The van der Waals surface area contributed by atoms with Crippen LogP contribution in [0.15, 0.2) is 24.3 Å². The van der Waals surface area contributed by atoms with E-state index >= 15 is 0 Å². The lowest BCUT2D eigenvalue weighted by atomic mass is 10.1. The molecular weight excluding hydrogens is 245 g/mol. The minimum absolute atomic E-state index is 0.108. The molecule has 3 N–H and O–H groups in total. The third-order valence-electron chi connectivity index (χ3n) is 2.64. The standard InChI is InChI=1S/C12H15F3N2O/c1-2-8(7-16)11(18)17-10-6-4-3-5-9(10)12(13,14)15/h3-6,8H,2,7,16H2,1H3,(H,17,18). The molecule has 100 valence electrons. The van der Waals surface area contributed by atoms with Crippen LogP contribution < -0.4 is 11.1 Å². The van der Waals surface area contributed by atoms with Crippen molar-refractivity contribution in [3.05, 3.63) is 29.8 Å².